The molecule has 0 radical (unpaired) electrons. The van der Waals surface area contributed by atoms with E-state index in [2.05, 4.69) is 37.0 Å². The molecule has 3 heterocycles. The lowest BCUT2D eigenvalue weighted by atomic mass is 10.1. The maximum absolute atomic E-state index is 12.3. The van der Waals surface area contributed by atoms with E-state index in [1.807, 2.05) is 13.1 Å². The van der Waals surface area contributed by atoms with E-state index in [1.165, 1.54) is 11.9 Å². The molecular weight excluding hydrogens is 294 g/mol. The van der Waals surface area contributed by atoms with Gasteiger partial charge in [-0.25, -0.2) is 15.0 Å². The van der Waals surface area contributed by atoms with Crippen LogP contribution in [0.25, 0.3) is 0 Å². The predicted molar refractivity (Wildman–Crippen MR) is 85.3 cm³/mol. The van der Waals surface area contributed by atoms with Crippen molar-refractivity contribution < 1.29 is 4.79 Å². The molecule has 0 aliphatic carbocycles. The third-order valence-electron chi connectivity index (χ3n) is 3.97. The number of aromatic amines is 1. The summed E-state index contributed by atoms with van der Waals surface area (Å²) in [5.74, 6) is 1.98. The Balaban J connectivity index is 1.69. The monoisotopic (exact) mass is 315 g/mol. The van der Waals surface area contributed by atoms with Gasteiger partial charge in [-0.1, -0.05) is 13.3 Å². The van der Waals surface area contributed by atoms with Gasteiger partial charge >= 0.3 is 0 Å². The summed E-state index contributed by atoms with van der Waals surface area (Å²) in [6, 6.07) is 0. The van der Waals surface area contributed by atoms with Crippen LogP contribution in [0.15, 0.2) is 12.5 Å². The average Bonchev–Trinajstić information content (AvgIpc) is 3.11. The summed E-state index contributed by atoms with van der Waals surface area (Å²) in [6.07, 6.45) is 5.30. The third-order valence-corrected chi connectivity index (χ3v) is 3.97. The Morgan fingerprint density at radius 2 is 2.04 bits per heavy atom. The first-order chi connectivity index (χ1) is 11.2. The van der Waals surface area contributed by atoms with E-state index in [1.54, 1.807) is 4.90 Å². The molecule has 2 aromatic rings. The molecule has 122 valence electrons. The SMILES string of the molecule is CCCc1cnc(C)nc1N1CCN(C(=O)c2ncn[nH]2)CC1. The van der Waals surface area contributed by atoms with E-state index in [0.29, 0.717) is 18.9 Å². The van der Waals surface area contributed by atoms with Crippen LogP contribution in [0, 0.1) is 6.92 Å². The van der Waals surface area contributed by atoms with Crippen molar-refractivity contribution in [3.63, 3.8) is 0 Å². The van der Waals surface area contributed by atoms with Crippen LogP contribution in [-0.4, -0.2) is 62.1 Å². The second-order valence-electron chi connectivity index (χ2n) is 5.63. The molecule has 1 aliphatic heterocycles. The topological polar surface area (TPSA) is 90.9 Å². The van der Waals surface area contributed by atoms with Crippen molar-refractivity contribution in [3.8, 4) is 0 Å². The van der Waals surface area contributed by atoms with E-state index in [4.69, 9.17) is 0 Å². The molecule has 0 saturated carbocycles. The molecule has 1 saturated heterocycles. The van der Waals surface area contributed by atoms with Crippen LogP contribution < -0.4 is 4.90 Å². The van der Waals surface area contributed by atoms with E-state index in [0.717, 1.165) is 37.6 Å². The second kappa shape index (κ2) is 6.72. The van der Waals surface area contributed by atoms with Gasteiger partial charge in [-0.3, -0.25) is 9.89 Å². The van der Waals surface area contributed by atoms with Gasteiger partial charge in [-0.05, 0) is 13.3 Å². The van der Waals surface area contributed by atoms with Gasteiger partial charge in [0.05, 0.1) is 0 Å². The number of aromatic nitrogens is 5. The van der Waals surface area contributed by atoms with Crippen molar-refractivity contribution in [2.24, 2.45) is 0 Å². The van der Waals surface area contributed by atoms with Gasteiger partial charge in [0.15, 0.2) is 0 Å². The van der Waals surface area contributed by atoms with Crippen molar-refractivity contribution >= 4 is 11.7 Å². The molecule has 0 atom stereocenters. The fourth-order valence-electron chi connectivity index (χ4n) is 2.78. The Hall–Kier alpha value is -2.51. The molecule has 8 heteroatoms. The molecule has 1 fully saturated rings. The lowest BCUT2D eigenvalue weighted by Crippen LogP contribution is -2.49. The molecule has 1 aliphatic rings. The molecule has 1 N–H and O–H groups in total. The smallest absolute Gasteiger partial charge is 0.291 e. The van der Waals surface area contributed by atoms with Gasteiger partial charge in [-0.2, -0.15) is 5.10 Å². The van der Waals surface area contributed by atoms with Crippen LogP contribution in [0.1, 0.15) is 35.4 Å². The first-order valence-corrected chi connectivity index (χ1v) is 7.91. The number of carbonyl (C=O) groups is 1. The lowest BCUT2D eigenvalue weighted by molar-refractivity contribution is 0.0734. The van der Waals surface area contributed by atoms with Crippen LogP contribution in [0.4, 0.5) is 5.82 Å². The second-order valence-corrected chi connectivity index (χ2v) is 5.63. The van der Waals surface area contributed by atoms with E-state index in [-0.39, 0.29) is 5.91 Å². The maximum atomic E-state index is 12.3. The standard InChI is InChI=1S/C15H21N7O/c1-3-4-12-9-16-11(2)19-14(12)21-5-7-22(8-6-21)15(23)13-17-10-18-20-13/h9-10H,3-8H2,1-2H3,(H,17,18,20). The Kier molecular flexibility index (Phi) is 4.50. The number of aryl methyl sites for hydroxylation is 2. The predicted octanol–water partition coefficient (Wildman–Crippen LogP) is 0.818. The van der Waals surface area contributed by atoms with Crippen LogP contribution in [0.3, 0.4) is 0 Å². The van der Waals surface area contributed by atoms with Crippen molar-refractivity contribution in [1.29, 1.82) is 0 Å². The largest absolute Gasteiger partial charge is 0.353 e. The molecule has 3 rings (SSSR count). The Morgan fingerprint density at radius 1 is 1.26 bits per heavy atom. The number of hydrogen-bond donors (Lipinski definition) is 1. The van der Waals surface area contributed by atoms with Crippen LogP contribution in [0.2, 0.25) is 0 Å². The number of anilines is 1. The molecule has 0 aromatic carbocycles. The highest BCUT2D eigenvalue weighted by Crippen LogP contribution is 2.20. The number of amides is 1. The van der Waals surface area contributed by atoms with Gasteiger partial charge < -0.3 is 9.80 Å². The van der Waals surface area contributed by atoms with E-state index in [9.17, 15) is 4.79 Å². The van der Waals surface area contributed by atoms with Crippen LogP contribution >= 0.6 is 0 Å². The van der Waals surface area contributed by atoms with E-state index < -0.39 is 0 Å². The van der Waals surface area contributed by atoms with Crippen molar-refractivity contribution in [3.05, 3.63) is 29.7 Å². The van der Waals surface area contributed by atoms with Gasteiger partial charge in [0.2, 0.25) is 5.82 Å². The summed E-state index contributed by atoms with van der Waals surface area (Å²) in [5.41, 5.74) is 1.17. The molecule has 1 amide bonds. The molecule has 0 unspecified atom stereocenters. The number of nitrogens with one attached hydrogen (secondary N) is 1. The zero-order valence-electron chi connectivity index (χ0n) is 13.5. The average molecular weight is 315 g/mol. The van der Waals surface area contributed by atoms with Gasteiger partial charge in [0.25, 0.3) is 5.91 Å². The molecule has 8 nitrogen and oxygen atoms in total. The minimum Gasteiger partial charge on any atom is -0.353 e. The highest BCUT2D eigenvalue weighted by atomic mass is 16.2. The van der Waals surface area contributed by atoms with Crippen molar-refractivity contribution in [1.82, 2.24) is 30.0 Å². The number of piperazine rings is 1. The summed E-state index contributed by atoms with van der Waals surface area (Å²) < 4.78 is 0. The Labute approximate surface area is 135 Å². The summed E-state index contributed by atoms with van der Waals surface area (Å²) in [6.45, 7) is 6.86. The van der Waals surface area contributed by atoms with Crippen LogP contribution in [-0.2, 0) is 6.42 Å². The van der Waals surface area contributed by atoms with Gasteiger partial charge in [0, 0.05) is 37.9 Å². The van der Waals surface area contributed by atoms with E-state index >= 15 is 0 Å². The fourth-order valence-corrected chi connectivity index (χ4v) is 2.78. The molecule has 0 bridgehead atoms. The quantitative estimate of drug-likeness (QED) is 0.898. The molecule has 0 spiro atoms. The number of hydrogen-bond acceptors (Lipinski definition) is 6. The van der Waals surface area contributed by atoms with Crippen molar-refractivity contribution in [2.75, 3.05) is 31.1 Å². The number of H-pyrrole nitrogens is 1. The lowest BCUT2D eigenvalue weighted by Gasteiger charge is -2.35. The van der Waals surface area contributed by atoms with Gasteiger partial charge in [-0.15, -0.1) is 0 Å². The molecular formula is C15H21N7O. The highest BCUT2D eigenvalue weighted by Gasteiger charge is 2.25. The third kappa shape index (κ3) is 3.30. The molecule has 23 heavy (non-hydrogen) atoms. The first-order valence-electron chi connectivity index (χ1n) is 7.91. The van der Waals surface area contributed by atoms with Gasteiger partial charge in [0.1, 0.15) is 18.0 Å². The highest BCUT2D eigenvalue weighted by molar-refractivity contribution is 5.90. The molecule has 2 aromatic heterocycles. The minimum absolute atomic E-state index is 0.102. The number of carbonyl (C=O) groups excluding carboxylic acids is 1. The maximum Gasteiger partial charge on any atom is 0.291 e. The van der Waals surface area contributed by atoms with Crippen LogP contribution in [0.5, 0.6) is 0 Å². The summed E-state index contributed by atoms with van der Waals surface area (Å²) in [4.78, 5) is 29.2. The summed E-state index contributed by atoms with van der Waals surface area (Å²) in [7, 11) is 0. The Morgan fingerprint density at radius 3 is 2.70 bits per heavy atom. The summed E-state index contributed by atoms with van der Waals surface area (Å²) in [5, 5.41) is 6.36. The van der Waals surface area contributed by atoms with Crippen molar-refractivity contribution in [2.45, 2.75) is 26.7 Å². The number of nitrogens with zero attached hydrogens (tertiary/aromatic N) is 6. The number of rotatable bonds is 4. The summed E-state index contributed by atoms with van der Waals surface area (Å²) >= 11 is 0. The fraction of sp³-hybridized carbons (Fsp3) is 0.533. The minimum atomic E-state index is -0.102. The first kappa shape index (κ1) is 15.4. The zero-order valence-corrected chi connectivity index (χ0v) is 13.5. The Bertz CT molecular complexity index is 662. The zero-order chi connectivity index (χ0) is 16.2. The normalized spacial score (nSPS) is 15.0.